The van der Waals surface area contributed by atoms with Crippen molar-refractivity contribution in [3.63, 3.8) is 0 Å². The van der Waals surface area contributed by atoms with Gasteiger partial charge in [-0.1, -0.05) is 54.6 Å². The van der Waals surface area contributed by atoms with E-state index in [1.807, 2.05) is 55.5 Å². The molecule has 0 atom stereocenters. The highest BCUT2D eigenvalue weighted by molar-refractivity contribution is 7.99. The Hall–Kier alpha value is -1.78. The molecule has 0 unspecified atom stereocenters. The second-order valence-electron chi connectivity index (χ2n) is 4.40. The monoisotopic (exact) mass is 316 g/mol. The summed E-state index contributed by atoms with van der Waals surface area (Å²) in [6, 6.07) is 15.8. The Morgan fingerprint density at radius 2 is 1.71 bits per heavy atom. The fourth-order valence-electron chi connectivity index (χ4n) is 2.01. The molecule has 0 N–H and O–H groups in total. The molecule has 0 spiro atoms. The van der Waals surface area contributed by atoms with Crippen molar-refractivity contribution in [2.24, 2.45) is 0 Å². The molecule has 3 aromatic rings. The minimum Gasteiger partial charge on any atom is -0.411 e. The van der Waals surface area contributed by atoms with Crippen LogP contribution in [0, 0.1) is 0 Å². The van der Waals surface area contributed by atoms with Crippen molar-refractivity contribution < 1.29 is 4.42 Å². The number of halogens is 1. The smallest absolute Gasteiger partial charge is 0.276 e. The van der Waals surface area contributed by atoms with Gasteiger partial charge in [0.15, 0.2) is 0 Å². The van der Waals surface area contributed by atoms with Gasteiger partial charge in [-0.2, -0.15) is 0 Å². The minimum absolute atomic E-state index is 0.537. The molecule has 3 rings (SSSR count). The van der Waals surface area contributed by atoms with Crippen molar-refractivity contribution >= 4 is 23.4 Å². The van der Waals surface area contributed by atoms with Crippen molar-refractivity contribution in [1.29, 1.82) is 0 Å². The molecule has 1 aromatic heterocycles. The summed E-state index contributed by atoms with van der Waals surface area (Å²) in [6.07, 6.45) is 0. The average Bonchev–Trinajstić information content (AvgIpc) is 2.97. The molecule has 0 aliphatic heterocycles. The van der Waals surface area contributed by atoms with Crippen molar-refractivity contribution in [1.82, 2.24) is 10.2 Å². The largest absolute Gasteiger partial charge is 0.411 e. The molecule has 0 fully saturated rings. The summed E-state index contributed by atoms with van der Waals surface area (Å²) < 4.78 is 5.64. The van der Waals surface area contributed by atoms with Gasteiger partial charge in [-0.25, -0.2) is 0 Å². The molecule has 0 saturated carbocycles. The van der Waals surface area contributed by atoms with Crippen LogP contribution in [0.15, 0.2) is 58.2 Å². The first kappa shape index (κ1) is 14.2. The van der Waals surface area contributed by atoms with Crippen LogP contribution in [0.25, 0.3) is 22.6 Å². The highest BCUT2D eigenvalue weighted by atomic mass is 35.5. The summed E-state index contributed by atoms with van der Waals surface area (Å²) in [5, 5.41) is 9.44. The lowest BCUT2D eigenvalue weighted by Gasteiger charge is -2.03. The van der Waals surface area contributed by atoms with Crippen molar-refractivity contribution in [2.45, 2.75) is 12.1 Å². The Bertz CT molecular complexity index is 757. The van der Waals surface area contributed by atoms with Gasteiger partial charge in [0, 0.05) is 10.6 Å². The Labute approximate surface area is 132 Å². The normalized spacial score (nSPS) is 10.8. The van der Waals surface area contributed by atoms with E-state index in [-0.39, 0.29) is 0 Å². The topological polar surface area (TPSA) is 38.9 Å². The third kappa shape index (κ3) is 3.28. The number of rotatable bonds is 4. The zero-order valence-electron chi connectivity index (χ0n) is 11.4. The highest BCUT2D eigenvalue weighted by Gasteiger charge is 2.09. The maximum atomic E-state index is 6.05. The summed E-state index contributed by atoms with van der Waals surface area (Å²) in [7, 11) is 0. The van der Waals surface area contributed by atoms with E-state index in [1.54, 1.807) is 0 Å². The van der Waals surface area contributed by atoms with Crippen LogP contribution in [-0.4, -0.2) is 16.0 Å². The van der Waals surface area contributed by atoms with Gasteiger partial charge in [-0.05, 0) is 41.1 Å². The Morgan fingerprint density at radius 1 is 1.00 bits per heavy atom. The highest BCUT2D eigenvalue weighted by Crippen LogP contribution is 2.28. The third-order valence-electron chi connectivity index (χ3n) is 2.94. The third-order valence-corrected chi connectivity index (χ3v) is 3.88. The molecule has 0 aliphatic carbocycles. The van der Waals surface area contributed by atoms with E-state index in [9.17, 15) is 0 Å². The molecule has 1 heterocycles. The Morgan fingerprint density at radius 3 is 2.48 bits per heavy atom. The standard InChI is InChI=1S/C16H13ClN2OS/c1-2-21-16-19-18-15(20-16)13-7-3-5-11(9-13)12-6-4-8-14(17)10-12/h3-10H,2H2,1H3. The van der Waals surface area contributed by atoms with Crippen LogP contribution in [0.2, 0.25) is 5.02 Å². The van der Waals surface area contributed by atoms with Crippen molar-refractivity contribution in [3.05, 3.63) is 53.6 Å². The minimum atomic E-state index is 0.537. The molecule has 106 valence electrons. The number of hydrogen-bond acceptors (Lipinski definition) is 4. The van der Waals surface area contributed by atoms with Crippen LogP contribution >= 0.6 is 23.4 Å². The lowest BCUT2D eigenvalue weighted by atomic mass is 10.0. The van der Waals surface area contributed by atoms with Gasteiger partial charge in [0.05, 0.1) is 0 Å². The molecule has 5 heteroatoms. The molecular formula is C16H13ClN2OS. The van der Waals surface area contributed by atoms with E-state index in [4.69, 9.17) is 16.0 Å². The molecule has 0 saturated heterocycles. The second-order valence-corrected chi connectivity index (χ2v) is 6.05. The molecule has 0 aliphatic rings. The first-order chi connectivity index (χ1) is 10.3. The molecular weight excluding hydrogens is 304 g/mol. The fraction of sp³-hybridized carbons (Fsp3) is 0.125. The van der Waals surface area contributed by atoms with Gasteiger partial charge >= 0.3 is 0 Å². The number of hydrogen-bond donors (Lipinski definition) is 0. The van der Waals surface area contributed by atoms with Crippen LogP contribution < -0.4 is 0 Å². The van der Waals surface area contributed by atoms with E-state index >= 15 is 0 Å². The Kier molecular flexibility index (Phi) is 4.27. The van der Waals surface area contributed by atoms with Gasteiger partial charge in [0.25, 0.3) is 5.22 Å². The Balaban J connectivity index is 1.95. The summed E-state index contributed by atoms with van der Waals surface area (Å²) in [4.78, 5) is 0. The predicted octanol–water partition coefficient (Wildman–Crippen LogP) is 5.17. The number of thioether (sulfide) groups is 1. The van der Waals surface area contributed by atoms with Gasteiger partial charge in [-0.15, -0.1) is 10.2 Å². The van der Waals surface area contributed by atoms with Gasteiger partial charge < -0.3 is 4.42 Å². The second kappa shape index (κ2) is 6.33. The molecule has 0 radical (unpaired) electrons. The zero-order valence-corrected chi connectivity index (χ0v) is 13.0. The lowest BCUT2D eigenvalue weighted by Crippen LogP contribution is -1.81. The molecule has 3 nitrogen and oxygen atoms in total. The van der Waals surface area contributed by atoms with Gasteiger partial charge in [0.2, 0.25) is 5.89 Å². The summed E-state index contributed by atoms with van der Waals surface area (Å²) in [6.45, 7) is 2.05. The van der Waals surface area contributed by atoms with E-state index < -0.39 is 0 Å². The number of aromatic nitrogens is 2. The van der Waals surface area contributed by atoms with E-state index in [2.05, 4.69) is 10.2 Å². The average molecular weight is 317 g/mol. The maximum Gasteiger partial charge on any atom is 0.276 e. The summed E-state index contributed by atoms with van der Waals surface area (Å²) in [5.74, 6) is 1.44. The first-order valence-corrected chi connectivity index (χ1v) is 7.95. The van der Waals surface area contributed by atoms with Crippen LogP contribution in [0.1, 0.15) is 6.92 Å². The fourth-order valence-corrected chi connectivity index (χ4v) is 2.68. The van der Waals surface area contributed by atoms with E-state index in [0.29, 0.717) is 11.1 Å². The first-order valence-electron chi connectivity index (χ1n) is 6.59. The predicted molar refractivity (Wildman–Crippen MR) is 86.6 cm³/mol. The molecule has 0 bridgehead atoms. The van der Waals surface area contributed by atoms with Crippen LogP contribution in [0.4, 0.5) is 0 Å². The van der Waals surface area contributed by atoms with Gasteiger partial charge in [0.1, 0.15) is 0 Å². The quantitative estimate of drug-likeness (QED) is 0.622. The van der Waals surface area contributed by atoms with Crippen LogP contribution in [-0.2, 0) is 0 Å². The molecule has 21 heavy (non-hydrogen) atoms. The van der Waals surface area contributed by atoms with Crippen LogP contribution in [0.5, 0.6) is 0 Å². The van der Waals surface area contributed by atoms with E-state index in [1.165, 1.54) is 11.8 Å². The molecule has 0 amide bonds. The van der Waals surface area contributed by atoms with Crippen molar-refractivity contribution in [3.8, 4) is 22.6 Å². The summed E-state index contributed by atoms with van der Waals surface area (Å²) in [5.41, 5.74) is 3.04. The number of nitrogens with zero attached hydrogens (tertiary/aromatic N) is 2. The lowest BCUT2D eigenvalue weighted by molar-refractivity contribution is 0.466. The maximum absolute atomic E-state index is 6.05. The van der Waals surface area contributed by atoms with Crippen molar-refractivity contribution in [2.75, 3.05) is 5.75 Å². The van der Waals surface area contributed by atoms with Crippen LogP contribution in [0.3, 0.4) is 0 Å². The molecule has 2 aromatic carbocycles. The zero-order chi connectivity index (χ0) is 14.7. The van der Waals surface area contributed by atoms with E-state index in [0.717, 1.165) is 27.5 Å². The number of benzene rings is 2. The SMILES string of the molecule is CCSc1nnc(-c2cccc(-c3cccc(Cl)c3)c2)o1. The summed E-state index contributed by atoms with van der Waals surface area (Å²) >= 11 is 7.58. The van der Waals surface area contributed by atoms with Gasteiger partial charge in [-0.3, -0.25) is 0 Å².